The van der Waals surface area contributed by atoms with E-state index in [9.17, 15) is 13.2 Å². The van der Waals surface area contributed by atoms with Crippen molar-refractivity contribution in [3.63, 3.8) is 0 Å². The van der Waals surface area contributed by atoms with Crippen molar-refractivity contribution in [1.29, 1.82) is 0 Å². The smallest absolute Gasteiger partial charge is 0.260 e. The van der Waals surface area contributed by atoms with Gasteiger partial charge in [-0.1, -0.05) is 29.3 Å². The number of rotatable bonds is 9. The maximum Gasteiger partial charge on any atom is 0.260 e. The number of hydrogen-bond donors (Lipinski definition) is 1. The number of nitrogens with one attached hydrogen (secondary N) is 1. The summed E-state index contributed by atoms with van der Waals surface area (Å²) in [6.07, 6.45) is 2.49. The first-order valence-corrected chi connectivity index (χ1v) is 13.2. The maximum atomic E-state index is 12.6. The molecule has 0 aliphatic carbocycles. The molecule has 0 atom stereocenters. The van der Waals surface area contributed by atoms with Crippen molar-refractivity contribution in [3.05, 3.63) is 69.5 Å². The zero-order valence-corrected chi connectivity index (χ0v) is 22.7. The van der Waals surface area contributed by atoms with Crippen LogP contribution in [-0.4, -0.2) is 52.1 Å². The molecule has 3 aromatic rings. The molecule has 1 aromatic heterocycles. The molecule has 192 valence electrons. The summed E-state index contributed by atoms with van der Waals surface area (Å²) in [5, 5.41) is 4.88. The van der Waals surface area contributed by atoms with Crippen LogP contribution in [-0.2, 0) is 14.8 Å². The Hall–Kier alpha value is -3.21. The number of hydrogen-bond acceptors (Lipinski definition) is 6. The largest absolute Gasteiger partial charge is 0.493 e. The Morgan fingerprint density at radius 3 is 2.44 bits per heavy atom. The number of benzene rings is 2. The molecular weight excluding hydrogens is 527 g/mol. The molecule has 0 saturated heterocycles. The first-order chi connectivity index (χ1) is 17.0. The van der Waals surface area contributed by atoms with E-state index < -0.39 is 22.5 Å². The molecule has 0 radical (unpaired) electrons. The monoisotopic (exact) mass is 552 g/mol. The second-order valence-corrected chi connectivity index (χ2v) is 10.5. The lowest BCUT2D eigenvalue weighted by atomic mass is 10.2. The van der Waals surface area contributed by atoms with Crippen LogP contribution in [0.5, 0.6) is 11.5 Å². The third-order valence-electron chi connectivity index (χ3n) is 5.38. The molecule has 1 N–H and O–H groups in total. The average molecular weight is 553 g/mol. The molecule has 0 aliphatic heterocycles. The van der Waals surface area contributed by atoms with Gasteiger partial charge >= 0.3 is 0 Å². The van der Waals surface area contributed by atoms with E-state index in [0.717, 1.165) is 33.2 Å². The van der Waals surface area contributed by atoms with Crippen LogP contribution in [0.3, 0.4) is 0 Å². The number of aryl methyl sites for hydroxylation is 1. The molecule has 36 heavy (non-hydrogen) atoms. The Balaban J connectivity index is 1.79. The van der Waals surface area contributed by atoms with Crippen molar-refractivity contribution in [2.75, 3.05) is 31.3 Å². The molecule has 0 saturated carbocycles. The van der Waals surface area contributed by atoms with Crippen molar-refractivity contribution in [1.82, 2.24) is 9.99 Å². The molecule has 0 spiro atoms. The highest BCUT2D eigenvalue weighted by Gasteiger charge is 2.22. The van der Waals surface area contributed by atoms with Gasteiger partial charge in [0.2, 0.25) is 10.0 Å². The van der Waals surface area contributed by atoms with Crippen LogP contribution in [0.2, 0.25) is 10.0 Å². The molecule has 9 nitrogen and oxygen atoms in total. The summed E-state index contributed by atoms with van der Waals surface area (Å²) in [7, 11) is -0.878. The molecular formula is C24H26Cl2N4O5S. The van der Waals surface area contributed by atoms with Gasteiger partial charge in [0.25, 0.3) is 5.91 Å². The van der Waals surface area contributed by atoms with Crippen LogP contribution in [0.4, 0.5) is 5.69 Å². The number of sulfonamides is 1. The summed E-state index contributed by atoms with van der Waals surface area (Å²) in [5.41, 5.74) is 5.81. The molecule has 3 rings (SSSR count). The summed E-state index contributed by atoms with van der Waals surface area (Å²) in [5.74, 6) is 0.135. The van der Waals surface area contributed by atoms with Crippen LogP contribution in [0.25, 0.3) is 5.69 Å². The van der Waals surface area contributed by atoms with Crippen molar-refractivity contribution in [2.24, 2.45) is 5.10 Å². The molecule has 1 amide bonds. The summed E-state index contributed by atoms with van der Waals surface area (Å²) in [4.78, 5) is 12.6. The third-order valence-corrected chi connectivity index (χ3v) is 7.33. The number of methoxy groups -OCH3 is 2. The number of carbonyl (C=O) groups excluding carboxylic acids is 1. The van der Waals surface area contributed by atoms with Crippen molar-refractivity contribution in [2.45, 2.75) is 13.8 Å². The molecule has 12 heteroatoms. The average Bonchev–Trinajstić information content (AvgIpc) is 3.11. The predicted octanol–water partition coefficient (Wildman–Crippen LogP) is 4.33. The van der Waals surface area contributed by atoms with E-state index in [0.29, 0.717) is 21.5 Å². The lowest BCUT2D eigenvalue weighted by Crippen LogP contribution is -2.39. The van der Waals surface area contributed by atoms with Crippen LogP contribution in [0.15, 0.2) is 47.6 Å². The predicted molar refractivity (Wildman–Crippen MR) is 143 cm³/mol. The SMILES string of the molecule is COc1ccc(N(CC(=O)N/N=C\c2cc(C)n(-c3cccc(Cl)c3Cl)c2C)S(C)(=O)=O)cc1OC. The Kier molecular flexibility index (Phi) is 8.55. The van der Waals surface area contributed by atoms with E-state index in [1.165, 1.54) is 32.6 Å². The van der Waals surface area contributed by atoms with Gasteiger partial charge in [-0.3, -0.25) is 9.10 Å². The van der Waals surface area contributed by atoms with Crippen LogP contribution in [0, 0.1) is 13.8 Å². The Morgan fingerprint density at radius 2 is 1.81 bits per heavy atom. The summed E-state index contributed by atoms with van der Waals surface area (Å²) in [6.45, 7) is 3.31. The van der Waals surface area contributed by atoms with Crippen molar-refractivity contribution in [3.8, 4) is 17.2 Å². The fourth-order valence-corrected chi connectivity index (χ4v) is 4.90. The summed E-state index contributed by atoms with van der Waals surface area (Å²) in [6, 6.07) is 11.8. The zero-order valence-electron chi connectivity index (χ0n) is 20.4. The van der Waals surface area contributed by atoms with Gasteiger partial charge in [0.15, 0.2) is 11.5 Å². The third kappa shape index (κ3) is 5.95. The first kappa shape index (κ1) is 27.4. The molecule has 0 fully saturated rings. The Bertz CT molecular complexity index is 1420. The van der Waals surface area contributed by atoms with E-state index in [-0.39, 0.29) is 5.69 Å². The second kappa shape index (κ2) is 11.2. The highest BCUT2D eigenvalue weighted by atomic mass is 35.5. The summed E-state index contributed by atoms with van der Waals surface area (Å²) >= 11 is 12.6. The molecule has 0 aliphatic rings. The first-order valence-electron chi connectivity index (χ1n) is 10.6. The van der Waals surface area contributed by atoms with E-state index in [4.69, 9.17) is 32.7 Å². The number of ether oxygens (including phenoxy) is 2. The topological polar surface area (TPSA) is 102 Å². The van der Waals surface area contributed by atoms with Gasteiger partial charge in [-0.05, 0) is 44.2 Å². The highest BCUT2D eigenvalue weighted by Crippen LogP contribution is 2.33. The van der Waals surface area contributed by atoms with E-state index in [1.807, 2.05) is 36.6 Å². The van der Waals surface area contributed by atoms with E-state index in [1.54, 1.807) is 12.1 Å². The lowest BCUT2D eigenvalue weighted by Gasteiger charge is -2.22. The van der Waals surface area contributed by atoms with E-state index >= 15 is 0 Å². The fourth-order valence-electron chi connectivity index (χ4n) is 3.67. The molecule has 0 unspecified atom stereocenters. The minimum Gasteiger partial charge on any atom is -0.493 e. The zero-order chi connectivity index (χ0) is 26.6. The quantitative estimate of drug-likeness (QED) is 0.314. The minimum absolute atomic E-state index is 0.247. The maximum absolute atomic E-state index is 12.6. The van der Waals surface area contributed by atoms with Crippen LogP contribution < -0.4 is 19.2 Å². The van der Waals surface area contributed by atoms with Crippen LogP contribution in [0.1, 0.15) is 17.0 Å². The lowest BCUT2D eigenvalue weighted by molar-refractivity contribution is -0.119. The van der Waals surface area contributed by atoms with Crippen molar-refractivity contribution >= 4 is 51.0 Å². The van der Waals surface area contributed by atoms with Gasteiger partial charge in [0.1, 0.15) is 6.54 Å². The van der Waals surface area contributed by atoms with Crippen molar-refractivity contribution < 1.29 is 22.7 Å². The molecule has 1 heterocycles. The fraction of sp³-hybridized carbons (Fsp3) is 0.250. The number of amides is 1. The number of halogens is 2. The number of aromatic nitrogens is 1. The highest BCUT2D eigenvalue weighted by molar-refractivity contribution is 7.92. The standard InChI is InChI=1S/C24H26Cl2N4O5S/c1-15-11-17(16(2)30(15)20-8-6-7-19(25)24(20)26)13-27-28-23(31)14-29(36(5,32)33)18-9-10-21(34-3)22(12-18)35-4/h6-13H,14H2,1-5H3,(H,28,31)/b27-13-. The van der Waals surface area contributed by atoms with Gasteiger partial charge in [0.05, 0.1) is 48.1 Å². The Morgan fingerprint density at radius 1 is 1.11 bits per heavy atom. The number of hydrazone groups is 1. The molecule has 0 bridgehead atoms. The van der Waals surface area contributed by atoms with E-state index in [2.05, 4.69) is 10.5 Å². The van der Waals surface area contributed by atoms with Gasteiger partial charge in [-0.25, -0.2) is 13.8 Å². The van der Waals surface area contributed by atoms with Crippen LogP contribution >= 0.6 is 23.2 Å². The molecule has 2 aromatic carbocycles. The Labute approximate surface area is 220 Å². The van der Waals surface area contributed by atoms with Gasteiger partial charge in [0, 0.05) is 23.0 Å². The number of nitrogens with zero attached hydrogens (tertiary/aromatic N) is 3. The second-order valence-electron chi connectivity index (χ2n) is 7.84. The summed E-state index contributed by atoms with van der Waals surface area (Å²) < 4.78 is 38.1. The normalized spacial score (nSPS) is 11.5. The van der Waals surface area contributed by atoms with Gasteiger partial charge < -0.3 is 14.0 Å². The van der Waals surface area contributed by atoms with Gasteiger partial charge in [-0.15, -0.1) is 0 Å². The number of anilines is 1. The minimum atomic E-state index is -3.78. The number of carbonyl (C=O) groups is 1. The van der Waals surface area contributed by atoms with Gasteiger partial charge in [-0.2, -0.15) is 5.10 Å².